The molecule has 0 aromatic carbocycles. The molecule has 0 saturated carbocycles. The van der Waals surface area contributed by atoms with Crippen LogP contribution in [0.25, 0.3) is 16.4 Å². The summed E-state index contributed by atoms with van der Waals surface area (Å²) < 4.78 is 1.81. The number of hydrogen-bond acceptors (Lipinski definition) is 5. The van der Waals surface area contributed by atoms with Crippen LogP contribution in [0.5, 0.6) is 0 Å². The van der Waals surface area contributed by atoms with Gasteiger partial charge in [-0.1, -0.05) is 11.6 Å². The van der Waals surface area contributed by atoms with Gasteiger partial charge >= 0.3 is 0 Å². The average molecular weight is 320 g/mol. The van der Waals surface area contributed by atoms with Crippen molar-refractivity contribution in [3.63, 3.8) is 0 Å². The first-order valence-corrected chi connectivity index (χ1v) is 7.77. The molecular formula is C14H14ClN5S. The van der Waals surface area contributed by atoms with E-state index in [1.54, 1.807) is 17.5 Å². The van der Waals surface area contributed by atoms with E-state index in [2.05, 4.69) is 15.1 Å². The molecule has 108 valence electrons. The molecule has 21 heavy (non-hydrogen) atoms. The van der Waals surface area contributed by atoms with E-state index in [1.807, 2.05) is 35.3 Å². The van der Waals surface area contributed by atoms with Gasteiger partial charge in [-0.05, 0) is 32.0 Å². The molecule has 0 fully saturated rings. The van der Waals surface area contributed by atoms with E-state index >= 15 is 0 Å². The molecule has 3 aromatic rings. The third kappa shape index (κ3) is 2.83. The molecule has 0 aliphatic heterocycles. The highest BCUT2D eigenvalue weighted by molar-refractivity contribution is 7.13. The fraction of sp³-hybridized carbons (Fsp3) is 0.214. The van der Waals surface area contributed by atoms with Crippen molar-refractivity contribution in [3.8, 4) is 16.4 Å². The molecular weight excluding hydrogens is 306 g/mol. The van der Waals surface area contributed by atoms with Crippen LogP contribution in [0.1, 0.15) is 11.3 Å². The zero-order valence-electron chi connectivity index (χ0n) is 11.5. The quantitative estimate of drug-likeness (QED) is 0.751. The van der Waals surface area contributed by atoms with E-state index < -0.39 is 0 Å². The van der Waals surface area contributed by atoms with Crippen LogP contribution in [0.3, 0.4) is 0 Å². The third-order valence-electron chi connectivity index (χ3n) is 3.06. The molecule has 0 atom stereocenters. The molecule has 7 heteroatoms. The highest BCUT2D eigenvalue weighted by atomic mass is 35.5. The SMILES string of the molecule is Cc1cc(-n2ccc(-c3nccs3)n2)c(CCN)c(Cl)n1. The molecule has 5 nitrogen and oxygen atoms in total. The van der Waals surface area contributed by atoms with Gasteiger partial charge in [0.15, 0.2) is 0 Å². The van der Waals surface area contributed by atoms with Crippen molar-refractivity contribution in [2.45, 2.75) is 13.3 Å². The fourth-order valence-corrected chi connectivity index (χ4v) is 3.07. The minimum absolute atomic E-state index is 0.488. The molecule has 3 heterocycles. The number of thiazole rings is 1. The molecule has 3 aromatic heterocycles. The minimum atomic E-state index is 0.488. The van der Waals surface area contributed by atoms with Gasteiger partial charge in [-0.3, -0.25) is 0 Å². The van der Waals surface area contributed by atoms with Gasteiger partial charge in [0.05, 0.1) is 5.69 Å². The monoisotopic (exact) mass is 319 g/mol. The van der Waals surface area contributed by atoms with Crippen molar-refractivity contribution in [1.29, 1.82) is 0 Å². The zero-order valence-corrected chi connectivity index (χ0v) is 13.0. The zero-order chi connectivity index (χ0) is 14.8. The van der Waals surface area contributed by atoms with Crippen LogP contribution in [-0.4, -0.2) is 26.3 Å². The minimum Gasteiger partial charge on any atom is -0.330 e. The maximum Gasteiger partial charge on any atom is 0.143 e. The van der Waals surface area contributed by atoms with Crippen LogP contribution in [0, 0.1) is 6.92 Å². The van der Waals surface area contributed by atoms with Crippen LogP contribution in [0.4, 0.5) is 0 Å². The Bertz CT molecular complexity index is 751. The van der Waals surface area contributed by atoms with E-state index in [0.717, 1.165) is 27.6 Å². The number of aromatic nitrogens is 4. The lowest BCUT2D eigenvalue weighted by Crippen LogP contribution is -2.09. The van der Waals surface area contributed by atoms with Crippen LogP contribution in [0.15, 0.2) is 29.9 Å². The van der Waals surface area contributed by atoms with Gasteiger partial charge in [-0.15, -0.1) is 11.3 Å². The lowest BCUT2D eigenvalue weighted by atomic mass is 10.1. The van der Waals surface area contributed by atoms with Crippen molar-refractivity contribution in [1.82, 2.24) is 19.7 Å². The molecule has 2 N–H and O–H groups in total. The summed E-state index contributed by atoms with van der Waals surface area (Å²) in [5, 5.41) is 7.90. The number of hydrogen-bond donors (Lipinski definition) is 1. The van der Waals surface area contributed by atoms with Crippen LogP contribution < -0.4 is 5.73 Å². The van der Waals surface area contributed by atoms with Gasteiger partial charge in [0, 0.05) is 29.0 Å². The first kappa shape index (κ1) is 14.2. The lowest BCUT2D eigenvalue weighted by molar-refractivity contribution is 0.843. The second kappa shape index (κ2) is 5.93. The van der Waals surface area contributed by atoms with Crippen molar-refractivity contribution in [2.24, 2.45) is 5.73 Å². The standard InChI is InChI=1S/C14H14ClN5S/c1-9-8-12(10(2-4-16)13(15)18-9)20-6-3-11(19-20)14-17-5-7-21-14/h3,5-8H,2,4,16H2,1H3. The maximum absolute atomic E-state index is 6.25. The smallest absolute Gasteiger partial charge is 0.143 e. The van der Waals surface area contributed by atoms with Crippen LogP contribution >= 0.6 is 22.9 Å². The first-order valence-electron chi connectivity index (χ1n) is 6.51. The Morgan fingerprint density at radius 3 is 3.00 bits per heavy atom. The third-order valence-corrected chi connectivity index (χ3v) is 4.17. The number of aryl methyl sites for hydroxylation is 1. The number of pyridine rings is 1. The van der Waals surface area contributed by atoms with Crippen LogP contribution in [-0.2, 0) is 6.42 Å². The second-order valence-corrected chi connectivity index (χ2v) is 5.83. The molecule has 0 radical (unpaired) electrons. The summed E-state index contributed by atoms with van der Waals surface area (Å²) in [7, 11) is 0. The number of nitrogens with zero attached hydrogens (tertiary/aromatic N) is 4. The van der Waals surface area contributed by atoms with Gasteiger partial charge < -0.3 is 5.73 Å². The molecule has 0 saturated heterocycles. The largest absolute Gasteiger partial charge is 0.330 e. The predicted octanol–water partition coefficient (Wildman–Crippen LogP) is 2.85. The van der Waals surface area contributed by atoms with E-state index in [4.69, 9.17) is 17.3 Å². The van der Waals surface area contributed by atoms with Gasteiger partial charge in [-0.25, -0.2) is 14.6 Å². The van der Waals surface area contributed by atoms with Gasteiger partial charge in [0.25, 0.3) is 0 Å². The van der Waals surface area contributed by atoms with E-state index in [0.29, 0.717) is 18.1 Å². The Morgan fingerprint density at radius 2 is 2.29 bits per heavy atom. The molecule has 0 amide bonds. The molecule has 0 aliphatic carbocycles. The Kier molecular flexibility index (Phi) is 4.01. The van der Waals surface area contributed by atoms with E-state index in [9.17, 15) is 0 Å². The molecule has 0 spiro atoms. The Labute approximate surface area is 131 Å². The summed E-state index contributed by atoms with van der Waals surface area (Å²) in [6.45, 7) is 2.42. The highest BCUT2D eigenvalue weighted by Crippen LogP contribution is 2.25. The normalized spacial score (nSPS) is 11.0. The average Bonchev–Trinajstić information content (AvgIpc) is 3.10. The summed E-state index contributed by atoms with van der Waals surface area (Å²) in [6, 6.07) is 3.91. The summed E-state index contributed by atoms with van der Waals surface area (Å²) in [5.74, 6) is 0. The summed E-state index contributed by atoms with van der Waals surface area (Å²) in [6.07, 6.45) is 4.34. The summed E-state index contributed by atoms with van der Waals surface area (Å²) in [4.78, 5) is 8.57. The Hall–Kier alpha value is -1.76. The second-order valence-electron chi connectivity index (χ2n) is 4.57. The van der Waals surface area contributed by atoms with Crippen molar-refractivity contribution in [2.75, 3.05) is 6.54 Å². The predicted molar refractivity (Wildman–Crippen MR) is 85.0 cm³/mol. The summed E-state index contributed by atoms with van der Waals surface area (Å²) in [5.41, 5.74) is 9.20. The molecule has 0 aliphatic rings. The Balaban J connectivity index is 2.08. The van der Waals surface area contributed by atoms with Crippen molar-refractivity contribution < 1.29 is 0 Å². The highest BCUT2D eigenvalue weighted by Gasteiger charge is 2.13. The maximum atomic E-state index is 6.25. The van der Waals surface area contributed by atoms with Crippen LogP contribution in [0.2, 0.25) is 5.15 Å². The molecule has 3 rings (SSSR count). The topological polar surface area (TPSA) is 69.6 Å². The van der Waals surface area contributed by atoms with E-state index in [-0.39, 0.29) is 0 Å². The van der Waals surface area contributed by atoms with Gasteiger partial charge in [0.2, 0.25) is 0 Å². The van der Waals surface area contributed by atoms with Crippen molar-refractivity contribution >= 4 is 22.9 Å². The number of nitrogens with two attached hydrogens (primary N) is 1. The molecule has 0 bridgehead atoms. The summed E-state index contributed by atoms with van der Waals surface area (Å²) >= 11 is 7.81. The first-order chi connectivity index (χ1) is 10.2. The number of halogens is 1. The number of rotatable bonds is 4. The Morgan fingerprint density at radius 1 is 1.43 bits per heavy atom. The van der Waals surface area contributed by atoms with Crippen molar-refractivity contribution in [3.05, 3.63) is 46.3 Å². The lowest BCUT2D eigenvalue weighted by Gasteiger charge is -2.11. The van der Waals surface area contributed by atoms with Gasteiger partial charge in [0.1, 0.15) is 15.9 Å². The van der Waals surface area contributed by atoms with E-state index in [1.165, 1.54) is 0 Å². The van der Waals surface area contributed by atoms with Gasteiger partial charge in [-0.2, -0.15) is 5.10 Å². The fourth-order valence-electron chi connectivity index (χ4n) is 2.15. The molecule has 0 unspecified atom stereocenters.